The second-order valence-electron chi connectivity index (χ2n) is 6.42. The largest absolute Gasteiger partial charge is 0.496 e. The summed E-state index contributed by atoms with van der Waals surface area (Å²) in [5.74, 6) is -0.431. The number of anilines is 1. The molecule has 162 valence electrons. The topological polar surface area (TPSA) is 58.6 Å². The number of alkyl halides is 3. The van der Waals surface area contributed by atoms with Gasteiger partial charge in [-0.05, 0) is 24.3 Å². The molecule has 0 atom stereocenters. The molecule has 1 heterocycles. The minimum Gasteiger partial charge on any atom is -0.496 e. The Morgan fingerprint density at radius 1 is 1.19 bits per heavy atom. The first-order valence-electron chi connectivity index (χ1n) is 9.05. The molecule has 0 radical (unpaired) electrons. The maximum atomic E-state index is 13.1. The smallest absolute Gasteiger partial charge is 0.418 e. The quantitative estimate of drug-likeness (QED) is 0.483. The molecule has 2 amide bonds. The van der Waals surface area contributed by atoms with Crippen molar-refractivity contribution in [2.45, 2.75) is 12.6 Å². The first-order chi connectivity index (χ1) is 14.7. The van der Waals surface area contributed by atoms with E-state index in [-0.39, 0.29) is 28.9 Å². The molecule has 1 fully saturated rings. The molecule has 3 rings (SSSR count). The molecule has 0 aromatic heterocycles. The van der Waals surface area contributed by atoms with Gasteiger partial charge in [-0.15, -0.1) is 0 Å². The van der Waals surface area contributed by atoms with E-state index in [2.05, 4.69) is 5.32 Å². The Kier molecular flexibility index (Phi) is 7.01. The number of ether oxygens (including phenoxy) is 1. The lowest BCUT2D eigenvalue weighted by Gasteiger charge is -2.16. The van der Waals surface area contributed by atoms with Crippen LogP contribution in [-0.4, -0.2) is 34.7 Å². The zero-order chi connectivity index (χ0) is 22.6. The standard InChI is InChI=1S/C21H17F3N2O3S2/c1-29-16-9-5-2-6-13(16)12-17-19(28)26(20(30)31-17)11-10-18(27)25-15-8-4-3-7-14(15)21(22,23)24/h2-9,12H,10-11H2,1H3,(H,25,27)/b17-12-. The molecule has 2 aromatic carbocycles. The number of nitrogens with zero attached hydrogens (tertiary/aromatic N) is 1. The fraction of sp³-hybridized carbons (Fsp3) is 0.190. The number of halogens is 3. The number of hydrogen-bond acceptors (Lipinski definition) is 5. The third-order valence-electron chi connectivity index (χ3n) is 4.37. The Hall–Kier alpha value is -2.85. The number of benzene rings is 2. The van der Waals surface area contributed by atoms with Gasteiger partial charge >= 0.3 is 6.18 Å². The lowest BCUT2D eigenvalue weighted by Crippen LogP contribution is -2.31. The molecule has 0 aliphatic carbocycles. The molecule has 1 aliphatic rings. The normalized spacial score (nSPS) is 15.5. The van der Waals surface area contributed by atoms with E-state index in [4.69, 9.17) is 17.0 Å². The summed E-state index contributed by atoms with van der Waals surface area (Å²) in [7, 11) is 1.52. The molecule has 0 spiro atoms. The number of nitrogens with one attached hydrogen (secondary N) is 1. The Bertz CT molecular complexity index is 1050. The number of para-hydroxylation sites is 2. The predicted molar refractivity (Wildman–Crippen MR) is 118 cm³/mol. The van der Waals surface area contributed by atoms with Gasteiger partial charge in [0, 0.05) is 18.5 Å². The van der Waals surface area contributed by atoms with Gasteiger partial charge in [-0.2, -0.15) is 13.2 Å². The third-order valence-corrected chi connectivity index (χ3v) is 5.75. The summed E-state index contributed by atoms with van der Waals surface area (Å²) >= 11 is 6.33. The molecule has 5 nitrogen and oxygen atoms in total. The van der Waals surface area contributed by atoms with Crippen molar-refractivity contribution in [1.29, 1.82) is 0 Å². The molecule has 1 N–H and O–H groups in total. The highest BCUT2D eigenvalue weighted by atomic mass is 32.2. The van der Waals surface area contributed by atoms with Gasteiger partial charge in [-0.3, -0.25) is 14.5 Å². The third kappa shape index (κ3) is 5.45. The summed E-state index contributed by atoms with van der Waals surface area (Å²) in [4.78, 5) is 26.6. The van der Waals surface area contributed by atoms with Crippen LogP contribution in [0.2, 0.25) is 0 Å². The van der Waals surface area contributed by atoms with Crippen molar-refractivity contribution in [3.05, 3.63) is 64.6 Å². The summed E-state index contributed by atoms with van der Waals surface area (Å²) in [6.07, 6.45) is -3.15. The van der Waals surface area contributed by atoms with Gasteiger partial charge < -0.3 is 10.1 Å². The van der Waals surface area contributed by atoms with Crippen LogP contribution in [0.1, 0.15) is 17.5 Å². The van der Waals surface area contributed by atoms with E-state index in [0.717, 1.165) is 17.8 Å². The van der Waals surface area contributed by atoms with E-state index < -0.39 is 17.6 Å². The first-order valence-corrected chi connectivity index (χ1v) is 10.3. The minimum absolute atomic E-state index is 0.0477. The summed E-state index contributed by atoms with van der Waals surface area (Å²) in [5, 5.41) is 2.26. The van der Waals surface area contributed by atoms with Crippen LogP contribution in [0.3, 0.4) is 0 Å². The van der Waals surface area contributed by atoms with Crippen LogP contribution >= 0.6 is 24.0 Å². The second kappa shape index (κ2) is 9.52. The number of methoxy groups -OCH3 is 1. The van der Waals surface area contributed by atoms with Crippen LogP contribution < -0.4 is 10.1 Å². The van der Waals surface area contributed by atoms with Gasteiger partial charge in [0.2, 0.25) is 5.91 Å². The first kappa shape index (κ1) is 22.8. The summed E-state index contributed by atoms with van der Waals surface area (Å²) in [5.41, 5.74) is -0.567. The Labute approximate surface area is 186 Å². The molecule has 0 bridgehead atoms. The average Bonchev–Trinajstić information content (AvgIpc) is 2.99. The van der Waals surface area contributed by atoms with E-state index in [1.807, 2.05) is 0 Å². The molecule has 31 heavy (non-hydrogen) atoms. The molecule has 1 saturated heterocycles. The van der Waals surface area contributed by atoms with Crippen LogP contribution in [0, 0.1) is 0 Å². The van der Waals surface area contributed by atoms with Crippen molar-refractivity contribution in [3.8, 4) is 5.75 Å². The number of hydrogen-bond donors (Lipinski definition) is 1. The van der Waals surface area contributed by atoms with E-state index in [0.29, 0.717) is 16.2 Å². The zero-order valence-corrected chi connectivity index (χ0v) is 17.9. The maximum absolute atomic E-state index is 13.1. The van der Waals surface area contributed by atoms with E-state index in [1.165, 1.54) is 30.2 Å². The monoisotopic (exact) mass is 466 g/mol. The number of carbonyl (C=O) groups excluding carboxylic acids is 2. The van der Waals surface area contributed by atoms with Crippen molar-refractivity contribution >= 4 is 51.9 Å². The highest BCUT2D eigenvalue weighted by Crippen LogP contribution is 2.35. The molecule has 2 aromatic rings. The van der Waals surface area contributed by atoms with Crippen molar-refractivity contribution in [3.63, 3.8) is 0 Å². The fourth-order valence-electron chi connectivity index (χ4n) is 2.89. The number of thioether (sulfide) groups is 1. The summed E-state index contributed by atoms with van der Waals surface area (Å²) in [6, 6.07) is 11.9. The number of carbonyl (C=O) groups is 2. The Balaban J connectivity index is 1.66. The molecular weight excluding hydrogens is 449 g/mol. The van der Waals surface area contributed by atoms with Crippen molar-refractivity contribution in [2.24, 2.45) is 0 Å². The molecule has 10 heteroatoms. The zero-order valence-electron chi connectivity index (χ0n) is 16.2. The Morgan fingerprint density at radius 2 is 1.87 bits per heavy atom. The van der Waals surface area contributed by atoms with Crippen molar-refractivity contribution < 1.29 is 27.5 Å². The van der Waals surface area contributed by atoms with Crippen LogP contribution in [0.4, 0.5) is 18.9 Å². The van der Waals surface area contributed by atoms with Crippen LogP contribution in [-0.2, 0) is 15.8 Å². The van der Waals surface area contributed by atoms with Crippen LogP contribution in [0.15, 0.2) is 53.4 Å². The predicted octanol–water partition coefficient (Wildman–Crippen LogP) is 4.94. The molecule has 0 saturated carbocycles. The number of thiocarbonyl (C=S) groups is 1. The van der Waals surface area contributed by atoms with Gasteiger partial charge in [0.1, 0.15) is 10.1 Å². The minimum atomic E-state index is -4.59. The molecule has 0 unspecified atom stereocenters. The SMILES string of the molecule is COc1ccccc1/C=C1\SC(=S)N(CCC(=O)Nc2ccccc2C(F)(F)F)C1=O. The van der Waals surface area contributed by atoms with Gasteiger partial charge in [-0.1, -0.05) is 54.3 Å². The maximum Gasteiger partial charge on any atom is 0.418 e. The molecule has 1 aliphatic heterocycles. The Morgan fingerprint density at radius 3 is 2.58 bits per heavy atom. The van der Waals surface area contributed by atoms with Crippen molar-refractivity contribution in [1.82, 2.24) is 4.90 Å². The van der Waals surface area contributed by atoms with Crippen LogP contribution in [0.25, 0.3) is 6.08 Å². The van der Waals surface area contributed by atoms with E-state index in [1.54, 1.807) is 30.3 Å². The fourth-order valence-corrected chi connectivity index (χ4v) is 4.18. The van der Waals surface area contributed by atoms with Gasteiger partial charge in [0.15, 0.2) is 0 Å². The lowest BCUT2D eigenvalue weighted by atomic mass is 10.1. The molecular formula is C21H17F3N2O3S2. The van der Waals surface area contributed by atoms with Crippen molar-refractivity contribution in [2.75, 3.05) is 19.0 Å². The van der Waals surface area contributed by atoms with E-state index in [9.17, 15) is 22.8 Å². The number of rotatable bonds is 6. The summed E-state index contributed by atoms with van der Waals surface area (Å²) < 4.78 is 44.8. The van der Waals surface area contributed by atoms with Gasteiger partial charge in [0.05, 0.1) is 23.3 Å². The van der Waals surface area contributed by atoms with Crippen LogP contribution in [0.5, 0.6) is 5.75 Å². The average molecular weight is 467 g/mol. The van der Waals surface area contributed by atoms with Gasteiger partial charge in [0.25, 0.3) is 5.91 Å². The highest BCUT2D eigenvalue weighted by molar-refractivity contribution is 8.26. The summed E-state index contributed by atoms with van der Waals surface area (Å²) in [6.45, 7) is -0.0477. The van der Waals surface area contributed by atoms with Gasteiger partial charge in [-0.25, -0.2) is 0 Å². The number of amides is 2. The highest BCUT2D eigenvalue weighted by Gasteiger charge is 2.34. The van der Waals surface area contributed by atoms with E-state index >= 15 is 0 Å². The second-order valence-corrected chi connectivity index (χ2v) is 8.09. The lowest BCUT2D eigenvalue weighted by molar-refractivity contribution is -0.137.